The molecule has 1 N–H and O–H groups in total. The normalized spacial score (nSPS) is 29.5. The summed E-state index contributed by atoms with van der Waals surface area (Å²) in [6.45, 7) is 3.84. The van der Waals surface area contributed by atoms with Gasteiger partial charge in [-0.25, -0.2) is 0 Å². The third-order valence-electron chi connectivity index (χ3n) is 7.76. The second-order valence-corrected chi connectivity index (χ2v) is 10.5. The van der Waals surface area contributed by atoms with Crippen LogP contribution in [0.2, 0.25) is 0 Å². The van der Waals surface area contributed by atoms with Crippen molar-refractivity contribution in [3.63, 3.8) is 0 Å². The number of benzene rings is 1. The van der Waals surface area contributed by atoms with Crippen LogP contribution in [0.3, 0.4) is 0 Å². The van der Waals surface area contributed by atoms with Crippen LogP contribution >= 0.6 is 11.3 Å². The Balaban J connectivity index is 1.39. The smallest absolute Gasteiger partial charge is 0.228 e. The average molecular weight is 437 g/mol. The number of hydrogen-bond acceptors (Lipinski definition) is 3. The molecule has 2 heterocycles. The molecule has 2 aliphatic carbocycles. The van der Waals surface area contributed by atoms with Crippen LogP contribution in [-0.4, -0.2) is 36.3 Å². The van der Waals surface area contributed by atoms with Gasteiger partial charge in [-0.2, -0.15) is 0 Å². The number of thiophene rings is 1. The second-order valence-electron chi connectivity index (χ2n) is 9.60. The van der Waals surface area contributed by atoms with Gasteiger partial charge in [-0.05, 0) is 67.0 Å². The summed E-state index contributed by atoms with van der Waals surface area (Å²) in [7, 11) is 0. The van der Waals surface area contributed by atoms with Gasteiger partial charge in [-0.1, -0.05) is 43.2 Å². The Labute approximate surface area is 189 Å². The Morgan fingerprint density at radius 3 is 2.61 bits per heavy atom. The topological polar surface area (TPSA) is 49.4 Å². The molecule has 2 aromatic rings. The van der Waals surface area contributed by atoms with Crippen LogP contribution < -0.4 is 5.32 Å². The number of amides is 2. The molecule has 0 radical (unpaired) electrons. The van der Waals surface area contributed by atoms with Crippen molar-refractivity contribution >= 4 is 23.2 Å². The SMILES string of the molecule is CCNC(=O)[C@@]1(Cc2ccccc2-c2cccs2)CCN(C(=O)C2[C@H]3CCCC[C@@H]23)C1. The molecule has 3 aliphatic rings. The van der Waals surface area contributed by atoms with E-state index in [1.807, 2.05) is 11.8 Å². The summed E-state index contributed by atoms with van der Waals surface area (Å²) >= 11 is 1.73. The molecule has 5 rings (SSSR count). The van der Waals surface area contributed by atoms with Crippen LogP contribution in [0.25, 0.3) is 10.4 Å². The van der Waals surface area contributed by atoms with E-state index < -0.39 is 5.41 Å². The van der Waals surface area contributed by atoms with Crippen molar-refractivity contribution in [3.05, 3.63) is 47.3 Å². The molecule has 2 amide bonds. The van der Waals surface area contributed by atoms with E-state index in [0.717, 1.165) is 6.42 Å². The number of nitrogens with zero attached hydrogens (tertiary/aromatic N) is 1. The second kappa shape index (κ2) is 8.42. The van der Waals surface area contributed by atoms with Crippen molar-refractivity contribution in [3.8, 4) is 10.4 Å². The Morgan fingerprint density at radius 1 is 1.13 bits per heavy atom. The number of fused-ring (bicyclic) bond motifs is 1. The van der Waals surface area contributed by atoms with E-state index in [1.54, 1.807) is 11.3 Å². The highest BCUT2D eigenvalue weighted by atomic mass is 32.1. The summed E-state index contributed by atoms with van der Waals surface area (Å²) < 4.78 is 0. The maximum Gasteiger partial charge on any atom is 0.228 e. The molecular weight excluding hydrogens is 404 g/mol. The quantitative estimate of drug-likeness (QED) is 0.710. The van der Waals surface area contributed by atoms with Crippen molar-refractivity contribution in [1.29, 1.82) is 0 Å². The highest BCUT2D eigenvalue weighted by Gasteiger charge is 2.57. The average Bonchev–Trinajstić information content (AvgIpc) is 3.10. The van der Waals surface area contributed by atoms with Gasteiger partial charge < -0.3 is 10.2 Å². The lowest BCUT2D eigenvalue weighted by Crippen LogP contribution is -2.45. The predicted molar refractivity (Wildman–Crippen MR) is 125 cm³/mol. The van der Waals surface area contributed by atoms with Crippen LogP contribution in [0.4, 0.5) is 0 Å². The first-order valence-electron chi connectivity index (χ1n) is 11.8. The van der Waals surface area contributed by atoms with Gasteiger partial charge >= 0.3 is 0 Å². The number of nitrogens with one attached hydrogen (secondary N) is 1. The fraction of sp³-hybridized carbons (Fsp3) is 0.538. The Bertz CT molecular complexity index is 944. The van der Waals surface area contributed by atoms with Crippen molar-refractivity contribution < 1.29 is 9.59 Å². The molecule has 1 aromatic carbocycles. The van der Waals surface area contributed by atoms with E-state index in [1.165, 1.54) is 41.7 Å². The molecule has 1 aliphatic heterocycles. The van der Waals surface area contributed by atoms with Crippen LogP contribution in [0.5, 0.6) is 0 Å². The molecule has 2 saturated carbocycles. The fourth-order valence-electron chi connectivity index (χ4n) is 6.10. The Hall–Kier alpha value is -2.14. The summed E-state index contributed by atoms with van der Waals surface area (Å²) in [5, 5.41) is 5.18. The molecule has 1 saturated heterocycles. The molecule has 31 heavy (non-hydrogen) atoms. The minimum atomic E-state index is -0.543. The number of hydrogen-bond donors (Lipinski definition) is 1. The number of rotatable bonds is 6. The van der Waals surface area contributed by atoms with Crippen molar-refractivity contribution in [2.24, 2.45) is 23.2 Å². The van der Waals surface area contributed by atoms with Gasteiger partial charge in [0, 0.05) is 30.4 Å². The summed E-state index contributed by atoms with van der Waals surface area (Å²) in [4.78, 5) is 29.9. The summed E-state index contributed by atoms with van der Waals surface area (Å²) in [6, 6.07) is 12.6. The third kappa shape index (κ3) is 3.82. The van der Waals surface area contributed by atoms with Crippen LogP contribution in [0.15, 0.2) is 41.8 Å². The molecule has 0 bridgehead atoms. The molecular formula is C26H32N2O2S. The van der Waals surface area contributed by atoms with E-state index in [9.17, 15) is 9.59 Å². The first kappa shape index (κ1) is 20.7. The maximum atomic E-state index is 13.3. The molecule has 3 fully saturated rings. The zero-order valence-corrected chi connectivity index (χ0v) is 19.1. The molecule has 4 atom stereocenters. The fourth-order valence-corrected chi connectivity index (χ4v) is 6.89. The minimum Gasteiger partial charge on any atom is -0.356 e. The van der Waals surface area contributed by atoms with Gasteiger partial charge in [0.25, 0.3) is 0 Å². The van der Waals surface area contributed by atoms with Gasteiger partial charge in [0.05, 0.1) is 5.41 Å². The zero-order valence-electron chi connectivity index (χ0n) is 18.3. The van der Waals surface area contributed by atoms with Gasteiger partial charge in [-0.3, -0.25) is 9.59 Å². The van der Waals surface area contributed by atoms with Gasteiger partial charge in [0.1, 0.15) is 0 Å². The van der Waals surface area contributed by atoms with Crippen LogP contribution in [-0.2, 0) is 16.0 Å². The summed E-state index contributed by atoms with van der Waals surface area (Å²) in [5.41, 5.74) is 1.86. The van der Waals surface area contributed by atoms with Gasteiger partial charge in [-0.15, -0.1) is 11.3 Å². The molecule has 5 heteroatoms. The van der Waals surface area contributed by atoms with E-state index in [-0.39, 0.29) is 11.8 Å². The van der Waals surface area contributed by atoms with E-state index in [0.29, 0.717) is 43.8 Å². The molecule has 4 nitrogen and oxygen atoms in total. The Kier molecular flexibility index (Phi) is 5.63. The highest BCUT2D eigenvalue weighted by molar-refractivity contribution is 7.13. The summed E-state index contributed by atoms with van der Waals surface area (Å²) in [6.07, 6.45) is 6.38. The zero-order chi connectivity index (χ0) is 21.4. The summed E-state index contributed by atoms with van der Waals surface area (Å²) in [5.74, 6) is 1.86. The van der Waals surface area contributed by atoms with Crippen LogP contribution in [0, 0.1) is 23.2 Å². The molecule has 1 aromatic heterocycles. The highest BCUT2D eigenvalue weighted by Crippen LogP contribution is 2.56. The molecule has 0 spiro atoms. The lowest BCUT2D eigenvalue weighted by Gasteiger charge is -2.29. The number of carbonyl (C=O) groups excluding carboxylic acids is 2. The minimum absolute atomic E-state index is 0.0968. The molecule has 1 unspecified atom stereocenters. The van der Waals surface area contributed by atoms with Crippen molar-refractivity contribution in [1.82, 2.24) is 10.2 Å². The van der Waals surface area contributed by atoms with Crippen molar-refractivity contribution in [2.75, 3.05) is 19.6 Å². The number of carbonyl (C=O) groups is 2. The lowest BCUT2D eigenvalue weighted by atomic mass is 9.78. The van der Waals surface area contributed by atoms with E-state index in [2.05, 4.69) is 47.1 Å². The van der Waals surface area contributed by atoms with E-state index in [4.69, 9.17) is 0 Å². The lowest BCUT2D eigenvalue weighted by molar-refractivity contribution is -0.134. The predicted octanol–water partition coefficient (Wildman–Crippen LogP) is 4.75. The first-order valence-corrected chi connectivity index (χ1v) is 12.7. The first-order chi connectivity index (χ1) is 15.1. The maximum absolute atomic E-state index is 13.3. The third-order valence-corrected chi connectivity index (χ3v) is 8.66. The monoisotopic (exact) mass is 436 g/mol. The molecule has 164 valence electrons. The van der Waals surface area contributed by atoms with E-state index >= 15 is 0 Å². The Morgan fingerprint density at radius 2 is 1.90 bits per heavy atom. The van der Waals surface area contributed by atoms with Crippen LogP contribution in [0.1, 0.15) is 44.6 Å². The largest absolute Gasteiger partial charge is 0.356 e. The van der Waals surface area contributed by atoms with Gasteiger partial charge in [0.2, 0.25) is 11.8 Å². The van der Waals surface area contributed by atoms with Gasteiger partial charge in [0.15, 0.2) is 0 Å². The van der Waals surface area contributed by atoms with Crippen molar-refractivity contribution in [2.45, 2.75) is 45.4 Å². The number of likely N-dealkylation sites (tertiary alicyclic amines) is 1. The standard InChI is InChI=1S/C26H32N2O2S/c1-2-27-25(30)26(16-18-8-3-4-9-19(18)22-12-7-15-31-22)13-14-28(17-26)24(29)23-20-10-5-6-11-21(20)23/h3-4,7-9,12,15,20-21,23H,2,5-6,10-11,13-14,16-17H2,1H3,(H,27,30)/t20-,21+,23?,26-/m1/s1.